The molecule has 0 aliphatic carbocycles. The van der Waals surface area contributed by atoms with Gasteiger partial charge in [-0.15, -0.1) is 5.11 Å². The Balaban J connectivity index is 2.52. The zero-order chi connectivity index (χ0) is 17.4. The van der Waals surface area contributed by atoms with Crippen LogP contribution in [0.1, 0.15) is 22.3 Å². The van der Waals surface area contributed by atoms with Crippen LogP contribution in [0.3, 0.4) is 0 Å². The first kappa shape index (κ1) is 17.1. The van der Waals surface area contributed by atoms with Crippen LogP contribution in [0.25, 0.3) is 0 Å². The highest BCUT2D eigenvalue weighted by Crippen LogP contribution is 2.32. The van der Waals surface area contributed by atoms with Gasteiger partial charge in [0.05, 0.1) is 16.3 Å². The molecule has 7 heteroatoms. The lowest BCUT2D eigenvalue weighted by Crippen LogP contribution is -2.01. The molecule has 0 unspecified atom stereocenters. The smallest absolute Gasteiger partial charge is 0.294 e. The van der Waals surface area contributed by atoms with Crippen LogP contribution in [0.15, 0.2) is 39.4 Å². The number of phenolic OH excluding ortho intramolecular Hbond substituents is 1. The molecule has 0 aliphatic heterocycles. The molecular formula is C16H18N2O4S. The van der Waals surface area contributed by atoms with Crippen molar-refractivity contribution in [2.24, 2.45) is 10.2 Å². The molecule has 0 bridgehead atoms. The number of rotatable bonds is 3. The molecule has 0 amide bonds. The van der Waals surface area contributed by atoms with E-state index in [1.807, 2.05) is 0 Å². The molecule has 2 aromatic carbocycles. The summed E-state index contributed by atoms with van der Waals surface area (Å²) in [5, 5.41) is 18.0. The lowest BCUT2D eigenvalue weighted by Gasteiger charge is -2.08. The summed E-state index contributed by atoms with van der Waals surface area (Å²) in [5.41, 5.74) is 3.38. The van der Waals surface area contributed by atoms with Gasteiger partial charge in [0.15, 0.2) is 0 Å². The van der Waals surface area contributed by atoms with Crippen molar-refractivity contribution in [2.75, 3.05) is 0 Å². The van der Waals surface area contributed by atoms with Crippen molar-refractivity contribution >= 4 is 21.5 Å². The largest absolute Gasteiger partial charge is 0.507 e. The van der Waals surface area contributed by atoms with E-state index in [0.717, 1.165) is 5.56 Å². The van der Waals surface area contributed by atoms with Gasteiger partial charge in [-0.2, -0.15) is 13.5 Å². The Morgan fingerprint density at radius 3 is 2.00 bits per heavy atom. The third kappa shape index (κ3) is 3.57. The normalized spacial score (nSPS) is 12.0. The summed E-state index contributed by atoms with van der Waals surface area (Å²) in [4.78, 5) is -0.185. The fraction of sp³-hybridized carbons (Fsp3) is 0.250. The lowest BCUT2D eigenvalue weighted by atomic mass is 10.1. The first-order valence-corrected chi connectivity index (χ1v) is 8.35. The molecule has 2 N–H and O–H groups in total. The van der Waals surface area contributed by atoms with E-state index >= 15 is 0 Å². The van der Waals surface area contributed by atoms with Gasteiger partial charge in [0, 0.05) is 0 Å². The third-order valence-electron chi connectivity index (χ3n) is 3.60. The molecule has 2 rings (SSSR count). The maximum atomic E-state index is 11.4. The average molecular weight is 334 g/mol. The minimum atomic E-state index is -4.31. The van der Waals surface area contributed by atoms with E-state index in [1.54, 1.807) is 45.9 Å². The van der Waals surface area contributed by atoms with E-state index < -0.39 is 10.1 Å². The maximum absolute atomic E-state index is 11.4. The van der Waals surface area contributed by atoms with Crippen LogP contribution in [0, 0.1) is 27.7 Å². The molecular weight excluding hydrogens is 316 g/mol. The number of hydrogen-bond donors (Lipinski definition) is 2. The van der Waals surface area contributed by atoms with Gasteiger partial charge in [-0.1, -0.05) is 6.07 Å². The molecule has 0 saturated carbocycles. The molecule has 0 fully saturated rings. The Labute approximate surface area is 135 Å². The summed E-state index contributed by atoms with van der Waals surface area (Å²) in [6.45, 7) is 6.87. The molecule has 122 valence electrons. The Hall–Kier alpha value is -2.25. The standard InChI is InChI=1S/C16H18N2O4S/c1-9-5-6-14(23(20,21)22)12(4)15(9)18-17-13-7-10(2)16(19)11(3)8-13/h5-8,19H,1-4H3,(H,20,21,22). The zero-order valence-corrected chi connectivity index (χ0v) is 14.1. The van der Waals surface area contributed by atoms with E-state index in [1.165, 1.54) is 6.07 Å². The Morgan fingerprint density at radius 2 is 1.48 bits per heavy atom. The highest BCUT2D eigenvalue weighted by atomic mass is 32.2. The third-order valence-corrected chi connectivity index (χ3v) is 4.60. The summed E-state index contributed by atoms with van der Waals surface area (Å²) in [7, 11) is -4.31. The van der Waals surface area contributed by atoms with Crippen molar-refractivity contribution in [1.82, 2.24) is 0 Å². The van der Waals surface area contributed by atoms with Gasteiger partial charge in [0.1, 0.15) is 5.75 Å². The summed E-state index contributed by atoms with van der Waals surface area (Å²) in [6.07, 6.45) is 0. The highest BCUT2D eigenvalue weighted by molar-refractivity contribution is 7.85. The second-order valence-corrected chi connectivity index (χ2v) is 6.85. The first-order valence-electron chi connectivity index (χ1n) is 6.91. The first-order chi connectivity index (χ1) is 10.6. The zero-order valence-electron chi connectivity index (χ0n) is 13.3. The minimum absolute atomic E-state index is 0.185. The maximum Gasteiger partial charge on any atom is 0.294 e. The average Bonchev–Trinajstić information content (AvgIpc) is 2.42. The molecule has 0 aromatic heterocycles. The van der Waals surface area contributed by atoms with E-state index in [4.69, 9.17) is 0 Å². The Bertz CT molecular complexity index is 880. The molecule has 0 spiro atoms. The number of azo groups is 1. The van der Waals surface area contributed by atoms with Crippen molar-refractivity contribution in [3.63, 3.8) is 0 Å². The monoisotopic (exact) mass is 334 g/mol. The van der Waals surface area contributed by atoms with Gasteiger partial charge in [0.25, 0.3) is 10.1 Å². The van der Waals surface area contributed by atoms with Crippen molar-refractivity contribution < 1.29 is 18.1 Å². The second kappa shape index (κ2) is 6.10. The van der Waals surface area contributed by atoms with Crippen LogP contribution >= 0.6 is 0 Å². The predicted molar refractivity (Wildman–Crippen MR) is 87.5 cm³/mol. The number of phenols is 1. The Kier molecular flexibility index (Phi) is 4.53. The number of hydrogen-bond acceptors (Lipinski definition) is 5. The molecule has 0 atom stereocenters. The van der Waals surface area contributed by atoms with Gasteiger partial charge >= 0.3 is 0 Å². The van der Waals surface area contributed by atoms with Crippen molar-refractivity contribution in [2.45, 2.75) is 32.6 Å². The molecule has 0 radical (unpaired) electrons. The van der Waals surface area contributed by atoms with Gasteiger partial charge in [-0.05, 0) is 68.1 Å². The van der Waals surface area contributed by atoms with E-state index in [9.17, 15) is 18.1 Å². The fourth-order valence-electron chi connectivity index (χ4n) is 2.35. The molecule has 2 aromatic rings. The van der Waals surface area contributed by atoms with Crippen LogP contribution < -0.4 is 0 Å². The van der Waals surface area contributed by atoms with Gasteiger partial charge in [-0.3, -0.25) is 4.55 Å². The van der Waals surface area contributed by atoms with Crippen LogP contribution in [-0.2, 0) is 10.1 Å². The molecule has 23 heavy (non-hydrogen) atoms. The SMILES string of the molecule is Cc1cc(N=Nc2c(C)ccc(S(=O)(=O)O)c2C)cc(C)c1O. The summed E-state index contributed by atoms with van der Waals surface area (Å²) in [5.74, 6) is 0.213. The Morgan fingerprint density at radius 1 is 0.913 bits per heavy atom. The fourth-order valence-corrected chi connectivity index (χ4v) is 3.07. The topological polar surface area (TPSA) is 99.3 Å². The van der Waals surface area contributed by atoms with Crippen molar-refractivity contribution in [3.8, 4) is 5.75 Å². The summed E-state index contributed by atoms with van der Waals surface area (Å²) < 4.78 is 32.0. The number of aryl methyl sites for hydroxylation is 3. The predicted octanol–water partition coefficient (Wildman–Crippen LogP) is 4.29. The van der Waals surface area contributed by atoms with E-state index in [2.05, 4.69) is 10.2 Å². The van der Waals surface area contributed by atoms with E-state index in [0.29, 0.717) is 28.1 Å². The van der Waals surface area contributed by atoms with Gasteiger partial charge in [-0.25, -0.2) is 0 Å². The van der Waals surface area contributed by atoms with Crippen LogP contribution in [0.4, 0.5) is 11.4 Å². The lowest BCUT2D eigenvalue weighted by molar-refractivity contribution is 0.467. The number of benzene rings is 2. The summed E-state index contributed by atoms with van der Waals surface area (Å²) >= 11 is 0. The number of aromatic hydroxyl groups is 1. The molecule has 0 saturated heterocycles. The minimum Gasteiger partial charge on any atom is -0.507 e. The van der Waals surface area contributed by atoms with Gasteiger partial charge < -0.3 is 5.11 Å². The van der Waals surface area contributed by atoms with Crippen molar-refractivity contribution in [1.29, 1.82) is 0 Å². The van der Waals surface area contributed by atoms with Crippen LogP contribution in [0.5, 0.6) is 5.75 Å². The second-order valence-electron chi connectivity index (χ2n) is 5.46. The van der Waals surface area contributed by atoms with Crippen molar-refractivity contribution in [3.05, 3.63) is 46.5 Å². The molecule has 0 heterocycles. The quantitative estimate of drug-likeness (QED) is 0.646. The van der Waals surface area contributed by atoms with Crippen LogP contribution in [0.2, 0.25) is 0 Å². The van der Waals surface area contributed by atoms with E-state index in [-0.39, 0.29) is 10.6 Å². The van der Waals surface area contributed by atoms with Crippen LogP contribution in [-0.4, -0.2) is 18.1 Å². The van der Waals surface area contributed by atoms with Gasteiger partial charge in [0.2, 0.25) is 0 Å². The molecule has 0 aliphatic rings. The molecule has 6 nitrogen and oxygen atoms in total. The summed E-state index contributed by atoms with van der Waals surface area (Å²) in [6, 6.07) is 6.28. The highest BCUT2D eigenvalue weighted by Gasteiger charge is 2.17. The number of nitrogens with zero attached hydrogens (tertiary/aromatic N) is 2.